The van der Waals surface area contributed by atoms with Crippen molar-refractivity contribution >= 4 is 11.9 Å². The molecule has 0 unspecified atom stereocenters. The molecule has 19 heavy (non-hydrogen) atoms. The van der Waals surface area contributed by atoms with Crippen LogP contribution in [0.3, 0.4) is 0 Å². The van der Waals surface area contributed by atoms with E-state index in [0.717, 1.165) is 32.6 Å². The van der Waals surface area contributed by atoms with E-state index in [0.29, 0.717) is 19.4 Å². The van der Waals surface area contributed by atoms with Gasteiger partial charge in [0.05, 0.1) is 13.5 Å². The van der Waals surface area contributed by atoms with Gasteiger partial charge in [-0.2, -0.15) is 0 Å². The molecule has 0 N–H and O–H groups in total. The van der Waals surface area contributed by atoms with Crippen molar-refractivity contribution in [1.29, 1.82) is 0 Å². The summed E-state index contributed by atoms with van der Waals surface area (Å²) in [7, 11) is 1.40. The Kier molecular flexibility index (Phi) is 10.2. The highest BCUT2D eigenvalue weighted by molar-refractivity contribution is 5.76. The topological polar surface area (TPSA) is 49.9 Å². The fourth-order valence-electron chi connectivity index (χ4n) is 1.97. The zero-order chi connectivity index (χ0) is 14.7. The van der Waals surface area contributed by atoms with Crippen LogP contribution in [-0.2, 0) is 14.3 Å². The minimum Gasteiger partial charge on any atom is -0.469 e. The molecular formula is C14H28N2O3. The zero-order valence-electron chi connectivity index (χ0n) is 12.8. The van der Waals surface area contributed by atoms with Crippen LogP contribution in [0.25, 0.3) is 0 Å². The van der Waals surface area contributed by atoms with Crippen LogP contribution in [0.5, 0.6) is 0 Å². The Balaban J connectivity index is 3.88. The van der Waals surface area contributed by atoms with E-state index in [9.17, 15) is 9.59 Å². The van der Waals surface area contributed by atoms with Gasteiger partial charge in [0, 0.05) is 26.1 Å². The first-order valence-corrected chi connectivity index (χ1v) is 7.15. The third-order valence-corrected chi connectivity index (χ3v) is 3.29. The molecule has 5 heteroatoms. The third-order valence-electron chi connectivity index (χ3n) is 3.29. The Morgan fingerprint density at radius 3 is 2.05 bits per heavy atom. The molecule has 0 bridgehead atoms. The Morgan fingerprint density at radius 2 is 1.58 bits per heavy atom. The second-order valence-corrected chi connectivity index (χ2v) is 4.43. The van der Waals surface area contributed by atoms with Gasteiger partial charge in [0.15, 0.2) is 0 Å². The lowest BCUT2D eigenvalue weighted by Gasteiger charge is -2.21. The van der Waals surface area contributed by atoms with E-state index < -0.39 is 0 Å². The number of rotatable bonds is 10. The highest BCUT2D eigenvalue weighted by Gasteiger charge is 2.11. The van der Waals surface area contributed by atoms with E-state index in [2.05, 4.69) is 16.6 Å². The summed E-state index contributed by atoms with van der Waals surface area (Å²) in [5.41, 5.74) is 0. The minimum atomic E-state index is -0.183. The lowest BCUT2D eigenvalue weighted by atomic mass is 10.2. The quantitative estimate of drug-likeness (QED) is 0.566. The lowest BCUT2D eigenvalue weighted by molar-refractivity contribution is -0.141. The second-order valence-electron chi connectivity index (χ2n) is 4.43. The van der Waals surface area contributed by atoms with E-state index in [1.54, 1.807) is 0 Å². The Labute approximate surface area is 116 Å². The molecule has 0 saturated heterocycles. The van der Waals surface area contributed by atoms with Crippen molar-refractivity contribution in [2.45, 2.75) is 40.0 Å². The van der Waals surface area contributed by atoms with Crippen molar-refractivity contribution < 1.29 is 14.3 Å². The van der Waals surface area contributed by atoms with Gasteiger partial charge in [0.25, 0.3) is 0 Å². The molecule has 0 aliphatic rings. The maximum atomic E-state index is 11.8. The van der Waals surface area contributed by atoms with E-state index in [1.807, 2.05) is 18.7 Å². The summed E-state index contributed by atoms with van der Waals surface area (Å²) in [6.07, 6.45) is 1.83. The van der Waals surface area contributed by atoms with E-state index in [-0.39, 0.29) is 11.9 Å². The van der Waals surface area contributed by atoms with Gasteiger partial charge in [-0.1, -0.05) is 6.92 Å². The number of nitrogens with zero attached hydrogens (tertiary/aromatic N) is 2. The van der Waals surface area contributed by atoms with Crippen LogP contribution in [0.2, 0.25) is 0 Å². The van der Waals surface area contributed by atoms with Gasteiger partial charge in [0.1, 0.15) is 0 Å². The first-order chi connectivity index (χ1) is 9.08. The van der Waals surface area contributed by atoms with Crippen LogP contribution in [0.15, 0.2) is 0 Å². The molecule has 0 atom stereocenters. The highest BCUT2D eigenvalue weighted by atomic mass is 16.5. The normalized spacial score (nSPS) is 10.6. The minimum absolute atomic E-state index is 0.183. The fraction of sp³-hybridized carbons (Fsp3) is 0.857. The van der Waals surface area contributed by atoms with E-state index in [4.69, 9.17) is 0 Å². The number of carbonyl (C=O) groups is 2. The zero-order valence-corrected chi connectivity index (χ0v) is 12.8. The molecule has 0 radical (unpaired) electrons. The summed E-state index contributed by atoms with van der Waals surface area (Å²) in [6, 6.07) is 0. The molecule has 0 aromatic rings. The average Bonchev–Trinajstić information content (AvgIpc) is 2.43. The van der Waals surface area contributed by atoms with Crippen LogP contribution >= 0.6 is 0 Å². The van der Waals surface area contributed by atoms with Gasteiger partial charge in [-0.05, 0) is 33.4 Å². The Hall–Kier alpha value is -1.10. The molecule has 112 valence electrons. The number of ether oxygens (including phenoxy) is 1. The summed E-state index contributed by atoms with van der Waals surface area (Å²) in [5, 5.41) is 0. The van der Waals surface area contributed by atoms with Crippen molar-refractivity contribution in [3.8, 4) is 0 Å². The number of hydrogen-bond acceptors (Lipinski definition) is 4. The van der Waals surface area contributed by atoms with Gasteiger partial charge in [0.2, 0.25) is 5.91 Å². The maximum Gasteiger partial charge on any atom is 0.306 e. The van der Waals surface area contributed by atoms with Crippen molar-refractivity contribution in [2.24, 2.45) is 0 Å². The molecule has 0 aliphatic carbocycles. The maximum absolute atomic E-state index is 11.8. The van der Waals surface area contributed by atoms with Gasteiger partial charge < -0.3 is 14.5 Å². The predicted octanol–water partition coefficient (Wildman–Crippen LogP) is 1.52. The molecule has 0 heterocycles. The number of amides is 1. The molecule has 0 saturated carbocycles. The predicted molar refractivity (Wildman–Crippen MR) is 75.9 cm³/mol. The Morgan fingerprint density at radius 1 is 0.947 bits per heavy atom. The molecule has 0 spiro atoms. The second kappa shape index (κ2) is 10.8. The van der Waals surface area contributed by atoms with Crippen LogP contribution in [-0.4, -0.2) is 61.5 Å². The lowest BCUT2D eigenvalue weighted by Crippen LogP contribution is -2.32. The molecule has 0 rings (SSSR count). The SMILES string of the molecule is CCN(CCCC(=O)N(CC)CC)CCC(=O)OC. The van der Waals surface area contributed by atoms with Crippen LogP contribution in [0.4, 0.5) is 0 Å². The van der Waals surface area contributed by atoms with E-state index >= 15 is 0 Å². The standard InChI is InChI=1S/C14H28N2O3/c1-5-15(12-10-14(18)19-4)11-8-9-13(17)16(6-2)7-3/h5-12H2,1-4H3. The first-order valence-electron chi connectivity index (χ1n) is 7.15. The van der Waals surface area contributed by atoms with Crippen LogP contribution in [0.1, 0.15) is 40.0 Å². The fourth-order valence-corrected chi connectivity index (χ4v) is 1.97. The summed E-state index contributed by atoms with van der Waals surface area (Å²) < 4.78 is 4.62. The summed E-state index contributed by atoms with van der Waals surface area (Å²) in [5.74, 6) is 0.0340. The number of hydrogen-bond donors (Lipinski definition) is 0. The molecule has 0 fully saturated rings. The van der Waals surface area contributed by atoms with Crippen molar-refractivity contribution in [2.75, 3.05) is 39.8 Å². The van der Waals surface area contributed by atoms with Crippen LogP contribution in [0, 0.1) is 0 Å². The Bertz CT molecular complexity index is 265. The summed E-state index contributed by atoms with van der Waals surface area (Å²) in [4.78, 5) is 26.9. The largest absolute Gasteiger partial charge is 0.469 e. The molecule has 1 amide bonds. The third kappa shape index (κ3) is 7.82. The monoisotopic (exact) mass is 272 g/mol. The van der Waals surface area contributed by atoms with E-state index in [1.165, 1.54) is 7.11 Å². The smallest absolute Gasteiger partial charge is 0.306 e. The number of carbonyl (C=O) groups excluding carboxylic acids is 2. The van der Waals surface area contributed by atoms with Gasteiger partial charge in [-0.15, -0.1) is 0 Å². The molecule has 5 nitrogen and oxygen atoms in total. The van der Waals surface area contributed by atoms with Crippen LogP contribution < -0.4 is 0 Å². The summed E-state index contributed by atoms with van der Waals surface area (Å²) >= 11 is 0. The highest BCUT2D eigenvalue weighted by Crippen LogP contribution is 2.01. The average molecular weight is 272 g/mol. The first kappa shape index (κ1) is 17.9. The van der Waals surface area contributed by atoms with Crippen molar-refractivity contribution in [3.05, 3.63) is 0 Å². The number of methoxy groups -OCH3 is 1. The molecule has 0 aromatic heterocycles. The van der Waals surface area contributed by atoms with Gasteiger partial charge in [-0.25, -0.2) is 0 Å². The number of esters is 1. The van der Waals surface area contributed by atoms with Crippen molar-refractivity contribution in [1.82, 2.24) is 9.80 Å². The molecule has 0 aromatic carbocycles. The van der Waals surface area contributed by atoms with Crippen molar-refractivity contribution in [3.63, 3.8) is 0 Å². The molecule has 0 aliphatic heterocycles. The summed E-state index contributed by atoms with van der Waals surface area (Å²) in [6.45, 7) is 10.0. The molecular weight excluding hydrogens is 244 g/mol. The van der Waals surface area contributed by atoms with Gasteiger partial charge >= 0.3 is 5.97 Å². The van der Waals surface area contributed by atoms with Gasteiger partial charge in [-0.3, -0.25) is 9.59 Å².